The van der Waals surface area contributed by atoms with E-state index < -0.39 is 22.6 Å². The van der Waals surface area contributed by atoms with E-state index in [2.05, 4.69) is 0 Å². The van der Waals surface area contributed by atoms with Gasteiger partial charge in [0.05, 0.1) is 16.9 Å². The summed E-state index contributed by atoms with van der Waals surface area (Å²) < 4.78 is 10.5. The molecule has 0 fully saturated rings. The molecule has 0 radical (unpaired) electrons. The van der Waals surface area contributed by atoms with Crippen molar-refractivity contribution < 1.29 is 29.1 Å². The first-order valence-electron chi connectivity index (χ1n) is 7.83. The minimum absolute atomic E-state index is 0.0337. The number of carboxylic acids is 1. The molecule has 0 spiro atoms. The number of nitrogens with zero attached hydrogens (tertiary/aromatic N) is 1. The van der Waals surface area contributed by atoms with E-state index in [1.807, 2.05) is 0 Å². The van der Waals surface area contributed by atoms with Crippen LogP contribution in [0, 0.1) is 10.1 Å². The lowest BCUT2D eigenvalue weighted by atomic mass is 9.88. The van der Waals surface area contributed by atoms with E-state index in [1.165, 1.54) is 24.3 Å². The third kappa shape index (κ3) is 3.64. The Kier molecular flexibility index (Phi) is 4.83. The summed E-state index contributed by atoms with van der Waals surface area (Å²) in [4.78, 5) is 34.3. The maximum atomic E-state index is 12.6. The van der Waals surface area contributed by atoms with Gasteiger partial charge in [-0.2, -0.15) is 0 Å². The Morgan fingerprint density at radius 1 is 1.12 bits per heavy atom. The Morgan fingerprint density at radius 3 is 2.58 bits per heavy atom. The quantitative estimate of drug-likeness (QED) is 0.459. The van der Waals surface area contributed by atoms with Gasteiger partial charge >= 0.3 is 5.97 Å². The van der Waals surface area contributed by atoms with Crippen molar-refractivity contribution in [3.05, 3.63) is 63.7 Å². The van der Waals surface area contributed by atoms with Crippen molar-refractivity contribution in [2.75, 3.05) is 6.79 Å². The Morgan fingerprint density at radius 2 is 1.85 bits per heavy atom. The van der Waals surface area contributed by atoms with Gasteiger partial charge in [-0.3, -0.25) is 19.7 Å². The minimum atomic E-state index is -1.07. The third-order valence-corrected chi connectivity index (χ3v) is 4.12. The highest BCUT2D eigenvalue weighted by Gasteiger charge is 2.26. The monoisotopic (exact) mass is 357 g/mol. The molecule has 1 aliphatic rings. The van der Waals surface area contributed by atoms with Crippen LogP contribution < -0.4 is 9.47 Å². The first kappa shape index (κ1) is 17.4. The van der Waals surface area contributed by atoms with Crippen molar-refractivity contribution in [2.45, 2.75) is 18.8 Å². The van der Waals surface area contributed by atoms with E-state index in [9.17, 15) is 24.8 Å². The van der Waals surface area contributed by atoms with E-state index in [4.69, 9.17) is 9.47 Å². The predicted molar refractivity (Wildman–Crippen MR) is 89.6 cm³/mol. The number of fused-ring (bicyclic) bond motifs is 1. The number of ether oxygens (including phenoxy) is 2. The zero-order chi connectivity index (χ0) is 18.7. The summed E-state index contributed by atoms with van der Waals surface area (Å²) in [7, 11) is 0. The van der Waals surface area contributed by atoms with Gasteiger partial charge in [0.2, 0.25) is 6.79 Å². The summed E-state index contributed by atoms with van der Waals surface area (Å²) in [6.45, 7) is 0.0809. The average Bonchev–Trinajstić information content (AvgIpc) is 3.08. The van der Waals surface area contributed by atoms with Gasteiger partial charge in [-0.15, -0.1) is 0 Å². The fourth-order valence-corrected chi connectivity index (χ4v) is 2.89. The molecule has 1 atom stereocenters. The molecule has 8 nitrogen and oxygen atoms in total. The Hall–Kier alpha value is -3.42. The molecular weight excluding hydrogens is 342 g/mol. The van der Waals surface area contributed by atoms with E-state index >= 15 is 0 Å². The van der Waals surface area contributed by atoms with Crippen LogP contribution in [0.4, 0.5) is 5.69 Å². The highest BCUT2D eigenvalue weighted by atomic mass is 16.7. The molecule has 3 rings (SSSR count). The second-order valence-corrected chi connectivity index (χ2v) is 5.81. The van der Waals surface area contributed by atoms with Crippen molar-refractivity contribution in [3.63, 3.8) is 0 Å². The maximum absolute atomic E-state index is 12.6. The average molecular weight is 357 g/mol. The number of hydrogen-bond donors (Lipinski definition) is 1. The molecule has 1 N–H and O–H groups in total. The number of benzene rings is 2. The third-order valence-electron chi connectivity index (χ3n) is 4.12. The van der Waals surface area contributed by atoms with Gasteiger partial charge in [0.15, 0.2) is 17.3 Å². The van der Waals surface area contributed by atoms with Gasteiger partial charge in [0, 0.05) is 18.4 Å². The number of aliphatic carboxylic acids is 1. The van der Waals surface area contributed by atoms with Crippen LogP contribution in [0.5, 0.6) is 11.5 Å². The molecule has 2 aromatic rings. The highest BCUT2D eigenvalue weighted by Crippen LogP contribution is 2.37. The number of carbonyl (C=O) groups is 2. The molecule has 8 heteroatoms. The number of hydrogen-bond acceptors (Lipinski definition) is 6. The van der Waals surface area contributed by atoms with Crippen LogP contribution in [0.15, 0.2) is 42.5 Å². The molecule has 1 heterocycles. The van der Waals surface area contributed by atoms with Crippen LogP contribution in [0.3, 0.4) is 0 Å². The first-order valence-corrected chi connectivity index (χ1v) is 7.83. The Balaban J connectivity index is 1.89. The van der Waals surface area contributed by atoms with Gasteiger partial charge < -0.3 is 14.6 Å². The van der Waals surface area contributed by atoms with Crippen molar-refractivity contribution in [2.24, 2.45) is 0 Å². The van der Waals surface area contributed by atoms with Crippen LogP contribution >= 0.6 is 0 Å². The van der Waals surface area contributed by atoms with Crippen molar-refractivity contribution in [3.8, 4) is 11.5 Å². The summed E-state index contributed by atoms with van der Waals surface area (Å²) in [5.41, 5.74) is 0.273. The summed E-state index contributed by atoms with van der Waals surface area (Å²) in [6, 6.07) is 10.6. The fraction of sp³-hybridized carbons (Fsp3) is 0.222. The molecule has 134 valence electrons. The second kappa shape index (κ2) is 7.22. The molecule has 1 aliphatic heterocycles. The molecule has 0 saturated carbocycles. The summed E-state index contributed by atoms with van der Waals surface area (Å²) >= 11 is 0. The standard InChI is InChI=1S/C18H15NO7/c20-15(13-3-1-2-4-14(13)19(23)24)7-12(9-18(21)22)11-5-6-16-17(8-11)26-10-25-16/h1-6,8,12H,7,9-10H2,(H,21,22). The summed E-state index contributed by atoms with van der Waals surface area (Å²) in [6.07, 6.45) is -0.456. The lowest BCUT2D eigenvalue weighted by Crippen LogP contribution is -2.13. The zero-order valence-electron chi connectivity index (χ0n) is 13.6. The number of carbonyl (C=O) groups excluding carboxylic acids is 1. The molecule has 26 heavy (non-hydrogen) atoms. The molecule has 0 aliphatic carbocycles. The number of nitro benzene ring substituents is 1. The zero-order valence-corrected chi connectivity index (χ0v) is 13.6. The molecule has 0 saturated heterocycles. The Bertz CT molecular complexity index is 878. The number of Topliss-reactive ketones (excluding diaryl/α,β-unsaturated/α-hetero) is 1. The summed E-state index contributed by atoms with van der Waals surface area (Å²) in [5.74, 6) is -1.16. The summed E-state index contributed by atoms with van der Waals surface area (Å²) in [5, 5.41) is 20.3. The van der Waals surface area contributed by atoms with E-state index in [-0.39, 0.29) is 30.9 Å². The van der Waals surface area contributed by atoms with Crippen LogP contribution in [0.2, 0.25) is 0 Å². The normalized spacial score (nSPS) is 13.2. The van der Waals surface area contributed by atoms with Crippen LogP contribution in [-0.4, -0.2) is 28.6 Å². The molecule has 1 unspecified atom stereocenters. The second-order valence-electron chi connectivity index (χ2n) is 5.81. The lowest BCUT2D eigenvalue weighted by Gasteiger charge is -2.15. The molecule has 0 amide bonds. The SMILES string of the molecule is O=C(O)CC(CC(=O)c1ccccc1[N+](=O)[O-])c1ccc2c(c1)OCO2. The van der Waals surface area contributed by atoms with Gasteiger partial charge in [-0.05, 0) is 23.8 Å². The van der Waals surface area contributed by atoms with Crippen LogP contribution in [0.25, 0.3) is 0 Å². The topological polar surface area (TPSA) is 116 Å². The largest absolute Gasteiger partial charge is 0.481 e. The number of ketones is 1. The van der Waals surface area contributed by atoms with Crippen molar-refractivity contribution >= 4 is 17.4 Å². The highest BCUT2D eigenvalue weighted by molar-refractivity contribution is 6.00. The van der Waals surface area contributed by atoms with Crippen molar-refractivity contribution in [1.82, 2.24) is 0 Å². The van der Waals surface area contributed by atoms with Crippen LogP contribution in [0.1, 0.15) is 34.7 Å². The van der Waals surface area contributed by atoms with Crippen LogP contribution in [-0.2, 0) is 4.79 Å². The van der Waals surface area contributed by atoms with Crippen molar-refractivity contribution in [1.29, 1.82) is 0 Å². The maximum Gasteiger partial charge on any atom is 0.303 e. The number of para-hydroxylation sites is 1. The first-order chi connectivity index (χ1) is 12.5. The van der Waals surface area contributed by atoms with E-state index in [0.29, 0.717) is 17.1 Å². The number of nitro groups is 1. The lowest BCUT2D eigenvalue weighted by molar-refractivity contribution is -0.385. The molecular formula is C18H15NO7. The van der Waals surface area contributed by atoms with Gasteiger partial charge in [0.25, 0.3) is 5.69 Å². The molecule has 2 aromatic carbocycles. The fourth-order valence-electron chi connectivity index (χ4n) is 2.89. The van der Waals surface area contributed by atoms with Gasteiger partial charge in [0.1, 0.15) is 0 Å². The van der Waals surface area contributed by atoms with Gasteiger partial charge in [-0.25, -0.2) is 0 Å². The van der Waals surface area contributed by atoms with E-state index in [1.54, 1.807) is 18.2 Å². The number of carboxylic acid groups (broad SMARTS) is 1. The molecule has 0 bridgehead atoms. The predicted octanol–water partition coefficient (Wildman–Crippen LogP) is 3.15. The minimum Gasteiger partial charge on any atom is -0.481 e. The smallest absolute Gasteiger partial charge is 0.303 e. The molecule has 0 aromatic heterocycles. The van der Waals surface area contributed by atoms with Gasteiger partial charge in [-0.1, -0.05) is 18.2 Å². The number of rotatable bonds is 7. The Labute approximate surface area is 148 Å². The van der Waals surface area contributed by atoms with E-state index in [0.717, 1.165) is 0 Å².